The van der Waals surface area contributed by atoms with Crippen molar-refractivity contribution < 1.29 is 4.79 Å². The summed E-state index contributed by atoms with van der Waals surface area (Å²) < 4.78 is 3.30. The molecule has 0 aliphatic heterocycles. The number of carbonyl (C=O) groups excluding carboxylic acids is 1. The van der Waals surface area contributed by atoms with Gasteiger partial charge in [0.15, 0.2) is 5.13 Å². The van der Waals surface area contributed by atoms with E-state index in [2.05, 4.69) is 52.7 Å². The summed E-state index contributed by atoms with van der Waals surface area (Å²) in [4.78, 5) is 22.4. The van der Waals surface area contributed by atoms with Crippen molar-refractivity contribution in [3.05, 3.63) is 83.3 Å². The molecular weight excluding hydrogens is 577 g/mol. The summed E-state index contributed by atoms with van der Waals surface area (Å²) in [6.07, 6.45) is 9.64. The Bertz CT molecular complexity index is 1790. The Morgan fingerprint density at radius 2 is 1.91 bits per heavy atom. The predicted molar refractivity (Wildman–Crippen MR) is 184 cm³/mol. The second-order valence-corrected chi connectivity index (χ2v) is 14.0. The van der Waals surface area contributed by atoms with E-state index in [9.17, 15) is 10.1 Å². The van der Waals surface area contributed by atoms with Crippen LogP contribution in [-0.4, -0.2) is 27.0 Å². The van der Waals surface area contributed by atoms with Gasteiger partial charge in [-0.1, -0.05) is 55.9 Å². The molecule has 1 amide bonds. The summed E-state index contributed by atoms with van der Waals surface area (Å²) in [5.41, 5.74) is 7.15. The second-order valence-electron chi connectivity index (χ2n) is 13.0. The number of nitrogens with one attached hydrogen (secondary N) is 2. The molecule has 3 aromatic heterocycles. The van der Waals surface area contributed by atoms with E-state index in [1.807, 2.05) is 50.2 Å². The van der Waals surface area contributed by atoms with Gasteiger partial charge in [-0.05, 0) is 99.6 Å². The Balaban J connectivity index is 1.13. The Hall–Kier alpha value is -4.22. The number of fused-ring (bicyclic) bond motifs is 3. The lowest BCUT2D eigenvalue weighted by atomic mass is 9.67. The standard InChI is InChI=1S/C37H42N6OS/c1-6-29(35(44)42-36-41-32-10-8-9-11-33(32)45-36)23(3)21-39-34-15-14-30(24(4)40-34)31-17-28(20-38)43(25(31)5)22-37(7-2)18-26-12-13-27(16-26)19-37/h6,8-11,14-15,17,26-27H,3,7,12-13,16,18-19,21-22H2,1-2,4-5H3,(H,39,40)(H,41,42,44)/b29-6+. The number of allylic oxidation sites excluding steroid dienone is 1. The smallest absolute Gasteiger partial charge is 0.257 e. The van der Waals surface area contributed by atoms with Crippen LogP contribution in [0.3, 0.4) is 0 Å². The number of amides is 1. The van der Waals surface area contributed by atoms with Gasteiger partial charge in [0, 0.05) is 41.2 Å². The maximum atomic E-state index is 13.1. The largest absolute Gasteiger partial charge is 0.366 e. The number of rotatable bonds is 10. The van der Waals surface area contributed by atoms with Crippen LogP contribution in [0.1, 0.15) is 69.5 Å². The fourth-order valence-corrected chi connectivity index (χ4v) is 8.62. The van der Waals surface area contributed by atoms with Crippen LogP contribution < -0.4 is 10.6 Å². The first-order chi connectivity index (χ1) is 21.7. The molecule has 2 saturated carbocycles. The zero-order chi connectivity index (χ0) is 31.7. The van der Waals surface area contributed by atoms with Crippen molar-refractivity contribution in [2.24, 2.45) is 17.3 Å². The van der Waals surface area contributed by atoms with E-state index >= 15 is 0 Å². The molecule has 2 N–H and O–H groups in total. The Kier molecular flexibility index (Phi) is 8.65. The zero-order valence-corrected chi connectivity index (χ0v) is 27.6. The number of aromatic nitrogens is 3. The van der Waals surface area contributed by atoms with E-state index in [1.165, 1.54) is 43.4 Å². The average molecular weight is 619 g/mol. The van der Waals surface area contributed by atoms with E-state index < -0.39 is 0 Å². The van der Waals surface area contributed by atoms with Gasteiger partial charge >= 0.3 is 0 Å². The first-order valence-electron chi connectivity index (χ1n) is 16.1. The molecule has 1 aromatic carbocycles. The molecule has 0 saturated heterocycles. The third-order valence-electron chi connectivity index (χ3n) is 10.1. The third kappa shape index (κ3) is 6.19. The minimum absolute atomic E-state index is 0.234. The van der Waals surface area contributed by atoms with Crippen LogP contribution in [0.2, 0.25) is 0 Å². The summed E-state index contributed by atoms with van der Waals surface area (Å²) >= 11 is 1.45. The summed E-state index contributed by atoms with van der Waals surface area (Å²) in [5.74, 6) is 2.18. The number of carbonyl (C=O) groups is 1. The molecule has 0 spiro atoms. The van der Waals surface area contributed by atoms with Crippen LogP contribution in [0.5, 0.6) is 0 Å². The van der Waals surface area contributed by atoms with Gasteiger partial charge in [-0.25, -0.2) is 9.97 Å². The van der Waals surface area contributed by atoms with E-state index in [0.29, 0.717) is 28.6 Å². The summed E-state index contributed by atoms with van der Waals surface area (Å²) in [5, 5.41) is 16.9. The highest BCUT2D eigenvalue weighted by Crippen LogP contribution is 2.53. The molecule has 2 bridgehead atoms. The number of hydrogen-bond donors (Lipinski definition) is 2. The van der Waals surface area contributed by atoms with Gasteiger partial charge in [0.25, 0.3) is 5.91 Å². The molecule has 232 valence electrons. The second kappa shape index (κ2) is 12.6. The molecule has 2 aliphatic carbocycles. The molecule has 2 atom stereocenters. The van der Waals surface area contributed by atoms with Crippen LogP contribution in [0.4, 0.5) is 10.9 Å². The van der Waals surface area contributed by atoms with Gasteiger partial charge in [-0.2, -0.15) is 5.26 Å². The number of pyridine rings is 1. The summed E-state index contributed by atoms with van der Waals surface area (Å²) in [6.45, 7) is 13.8. The van der Waals surface area contributed by atoms with Crippen molar-refractivity contribution in [1.82, 2.24) is 14.5 Å². The molecule has 3 heterocycles. The van der Waals surface area contributed by atoms with Gasteiger partial charge in [-0.15, -0.1) is 0 Å². The Morgan fingerprint density at radius 1 is 1.16 bits per heavy atom. The molecular formula is C37H42N6OS. The molecule has 7 nitrogen and oxygen atoms in total. The molecule has 45 heavy (non-hydrogen) atoms. The topological polar surface area (TPSA) is 95.6 Å². The average Bonchev–Trinajstić information content (AvgIpc) is 3.70. The highest BCUT2D eigenvalue weighted by molar-refractivity contribution is 7.22. The number of hydrogen-bond acceptors (Lipinski definition) is 6. The lowest BCUT2D eigenvalue weighted by Crippen LogP contribution is -2.34. The first kappa shape index (κ1) is 30.8. The quantitative estimate of drug-likeness (QED) is 0.137. The third-order valence-corrected chi connectivity index (χ3v) is 11.1. The molecule has 8 heteroatoms. The number of nitrogens with zero attached hydrogens (tertiary/aromatic N) is 4. The van der Waals surface area contributed by atoms with E-state index in [0.717, 1.165) is 63.2 Å². The van der Waals surface area contributed by atoms with Crippen molar-refractivity contribution in [2.75, 3.05) is 17.2 Å². The number of thiazole rings is 1. The minimum Gasteiger partial charge on any atom is -0.366 e. The van der Waals surface area contributed by atoms with Crippen LogP contribution in [0.25, 0.3) is 21.3 Å². The van der Waals surface area contributed by atoms with E-state index in [1.54, 1.807) is 6.08 Å². The number of benzene rings is 1. The maximum Gasteiger partial charge on any atom is 0.257 e. The molecule has 6 rings (SSSR count). The van der Waals surface area contributed by atoms with Crippen LogP contribution in [0, 0.1) is 42.4 Å². The molecule has 4 aromatic rings. The van der Waals surface area contributed by atoms with Gasteiger partial charge in [-0.3, -0.25) is 10.1 Å². The van der Waals surface area contributed by atoms with Gasteiger partial charge < -0.3 is 9.88 Å². The predicted octanol–water partition coefficient (Wildman–Crippen LogP) is 8.81. The van der Waals surface area contributed by atoms with Crippen molar-refractivity contribution in [1.29, 1.82) is 5.26 Å². The van der Waals surface area contributed by atoms with Gasteiger partial charge in [0.05, 0.1) is 10.2 Å². The number of aryl methyl sites for hydroxylation is 1. The zero-order valence-electron chi connectivity index (χ0n) is 26.7. The van der Waals surface area contributed by atoms with Crippen LogP contribution in [0.15, 0.2) is 66.3 Å². The van der Waals surface area contributed by atoms with Crippen molar-refractivity contribution >= 4 is 38.4 Å². The first-order valence-corrected chi connectivity index (χ1v) is 16.9. The maximum absolute atomic E-state index is 13.1. The molecule has 2 fully saturated rings. The van der Waals surface area contributed by atoms with Crippen molar-refractivity contribution in [3.8, 4) is 17.2 Å². The number of nitriles is 1. The van der Waals surface area contributed by atoms with E-state index in [-0.39, 0.29) is 11.3 Å². The summed E-state index contributed by atoms with van der Waals surface area (Å²) in [7, 11) is 0. The van der Waals surface area contributed by atoms with Gasteiger partial charge in [0.2, 0.25) is 0 Å². The minimum atomic E-state index is -0.234. The number of anilines is 2. The lowest BCUT2D eigenvalue weighted by Gasteiger charge is -2.41. The monoisotopic (exact) mass is 618 g/mol. The number of para-hydroxylation sites is 1. The van der Waals surface area contributed by atoms with E-state index in [4.69, 9.17) is 4.98 Å². The van der Waals surface area contributed by atoms with Crippen molar-refractivity contribution in [3.63, 3.8) is 0 Å². The Labute approximate surface area is 270 Å². The molecule has 0 radical (unpaired) electrons. The lowest BCUT2D eigenvalue weighted by molar-refractivity contribution is -0.112. The summed E-state index contributed by atoms with van der Waals surface area (Å²) in [6, 6.07) is 16.4. The van der Waals surface area contributed by atoms with Gasteiger partial charge in [0.1, 0.15) is 17.6 Å². The van der Waals surface area contributed by atoms with Crippen LogP contribution in [-0.2, 0) is 11.3 Å². The fourth-order valence-electron chi connectivity index (χ4n) is 7.76. The Morgan fingerprint density at radius 3 is 2.58 bits per heavy atom. The normalized spacial score (nSPS) is 21.1. The fraction of sp³-hybridized carbons (Fsp3) is 0.405. The van der Waals surface area contributed by atoms with Crippen molar-refractivity contribution in [2.45, 2.75) is 72.8 Å². The highest BCUT2D eigenvalue weighted by Gasteiger charge is 2.43. The molecule has 2 aliphatic rings. The SMILES string of the molecule is C=C(CNc1ccc(-c2cc(C#N)n(CC3(CC)CC4CCC(C4)C3)c2C)c(C)n1)/C(=C\C)C(=O)Nc1nc2ccccc2s1. The van der Waals surface area contributed by atoms with Crippen LogP contribution >= 0.6 is 11.3 Å². The molecule has 2 unspecified atom stereocenters. The highest BCUT2D eigenvalue weighted by atomic mass is 32.1.